The molecule has 2 N–H and O–H groups in total. The van der Waals surface area contributed by atoms with E-state index in [9.17, 15) is 19.2 Å². The molecule has 2 aliphatic rings. The maximum absolute atomic E-state index is 13.1. The minimum Gasteiger partial charge on any atom is -0.486 e. The molecule has 2 aromatic carbocycles. The maximum Gasteiger partial charge on any atom is 0.338 e. The molecule has 1 atom stereocenters. The highest BCUT2D eigenvalue weighted by Crippen LogP contribution is 2.36. The summed E-state index contributed by atoms with van der Waals surface area (Å²) in [7, 11) is 0. The molecule has 10 heteroatoms. The number of carbonyl (C=O) groups is 4. The maximum atomic E-state index is 13.1. The third-order valence-corrected chi connectivity index (χ3v) is 5.38. The van der Waals surface area contributed by atoms with Crippen LogP contribution in [0.15, 0.2) is 42.5 Å². The molecular formula is C23H23N3O7. The van der Waals surface area contributed by atoms with Gasteiger partial charge in [-0.2, -0.15) is 0 Å². The summed E-state index contributed by atoms with van der Waals surface area (Å²) in [6.45, 7) is 3.90. The number of imide groups is 1. The number of ether oxygens (including phenoxy) is 3. The van der Waals surface area contributed by atoms with Crippen LogP contribution in [0.1, 0.15) is 29.8 Å². The van der Waals surface area contributed by atoms with E-state index in [1.54, 1.807) is 32.0 Å². The summed E-state index contributed by atoms with van der Waals surface area (Å²) < 4.78 is 16.0. The number of esters is 1. The van der Waals surface area contributed by atoms with Gasteiger partial charge in [0.2, 0.25) is 5.91 Å². The summed E-state index contributed by atoms with van der Waals surface area (Å²) in [6.07, 6.45) is 0. The van der Waals surface area contributed by atoms with Gasteiger partial charge in [0.25, 0.3) is 5.91 Å². The number of hydrogen-bond acceptors (Lipinski definition) is 7. The average molecular weight is 453 g/mol. The van der Waals surface area contributed by atoms with E-state index in [0.717, 1.165) is 4.90 Å². The van der Waals surface area contributed by atoms with Gasteiger partial charge in [-0.15, -0.1) is 0 Å². The Labute approximate surface area is 189 Å². The quantitative estimate of drug-likeness (QED) is 0.507. The lowest BCUT2D eigenvalue weighted by molar-refractivity contribution is -0.133. The predicted molar refractivity (Wildman–Crippen MR) is 116 cm³/mol. The van der Waals surface area contributed by atoms with E-state index in [0.29, 0.717) is 41.5 Å². The lowest BCUT2D eigenvalue weighted by atomic mass is 9.91. The van der Waals surface area contributed by atoms with Crippen LogP contribution in [0.5, 0.6) is 11.5 Å². The van der Waals surface area contributed by atoms with E-state index < -0.39 is 35.9 Å². The van der Waals surface area contributed by atoms with Gasteiger partial charge in [-0.1, -0.05) is 6.07 Å². The Bertz CT molecular complexity index is 1120. The Morgan fingerprint density at radius 1 is 1.09 bits per heavy atom. The number of carbonyl (C=O) groups excluding carboxylic acids is 4. The molecule has 4 amide bonds. The summed E-state index contributed by atoms with van der Waals surface area (Å²) in [5.41, 5.74) is -0.0782. The van der Waals surface area contributed by atoms with Crippen LogP contribution in [0.4, 0.5) is 10.5 Å². The monoisotopic (exact) mass is 453 g/mol. The van der Waals surface area contributed by atoms with Gasteiger partial charge in [0.15, 0.2) is 11.5 Å². The van der Waals surface area contributed by atoms with Gasteiger partial charge < -0.3 is 24.8 Å². The molecule has 1 unspecified atom stereocenters. The van der Waals surface area contributed by atoms with Crippen molar-refractivity contribution < 1.29 is 33.4 Å². The lowest BCUT2D eigenvalue weighted by Gasteiger charge is -2.25. The van der Waals surface area contributed by atoms with Crippen molar-refractivity contribution >= 4 is 29.5 Å². The van der Waals surface area contributed by atoms with Crippen LogP contribution in [0.25, 0.3) is 0 Å². The third kappa shape index (κ3) is 4.32. The molecule has 2 aromatic rings. The van der Waals surface area contributed by atoms with Crippen LogP contribution < -0.4 is 20.1 Å². The number of urea groups is 1. The minimum atomic E-state index is -1.35. The SMILES string of the molecule is CCOC(=O)c1ccc(NC(=O)CN2C(=O)NC(C)(c3ccc4c(c3)OCCO4)C2=O)cc1. The zero-order chi connectivity index (χ0) is 23.6. The van der Waals surface area contributed by atoms with Gasteiger partial charge in [0, 0.05) is 5.69 Å². The van der Waals surface area contributed by atoms with E-state index in [2.05, 4.69) is 10.6 Å². The number of nitrogens with one attached hydrogen (secondary N) is 2. The zero-order valence-electron chi connectivity index (χ0n) is 18.2. The third-order valence-electron chi connectivity index (χ3n) is 5.38. The first kappa shape index (κ1) is 22.1. The van der Waals surface area contributed by atoms with E-state index in [4.69, 9.17) is 14.2 Å². The van der Waals surface area contributed by atoms with Gasteiger partial charge in [-0.25, -0.2) is 9.59 Å². The van der Waals surface area contributed by atoms with E-state index in [-0.39, 0.29) is 6.61 Å². The van der Waals surface area contributed by atoms with E-state index in [1.807, 2.05) is 0 Å². The highest BCUT2D eigenvalue weighted by atomic mass is 16.6. The van der Waals surface area contributed by atoms with Crippen LogP contribution in [-0.4, -0.2) is 55.1 Å². The molecule has 1 saturated heterocycles. The first-order chi connectivity index (χ1) is 15.8. The summed E-state index contributed by atoms with van der Waals surface area (Å²) in [5.74, 6) is -0.529. The molecule has 0 aliphatic carbocycles. The molecule has 172 valence electrons. The smallest absolute Gasteiger partial charge is 0.338 e. The number of fused-ring (bicyclic) bond motifs is 1. The molecule has 0 aromatic heterocycles. The molecule has 0 spiro atoms. The Morgan fingerprint density at radius 3 is 2.48 bits per heavy atom. The second kappa shape index (κ2) is 8.81. The zero-order valence-corrected chi connectivity index (χ0v) is 18.2. The summed E-state index contributed by atoms with van der Waals surface area (Å²) in [4.78, 5) is 50.7. The summed E-state index contributed by atoms with van der Waals surface area (Å²) in [5, 5.41) is 5.28. The average Bonchev–Trinajstić information content (AvgIpc) is 3.03. The fraction of sp³-hybridized carbons (Fsp3) is 0.304. The van der Waals surface area contributed by atoms with Gasteiger partial charge in [-0.3, -0.25) is 14.5 Å². The Kier molecular flexibility index (Phi) is 5.91. The molecule has 0 bridgehead atoms. The first-order valence-corrected chi connectivity index (χ1v) is 10.4. The van der Waals surface area contributed by atoms with Crippen LogP contribution in [0.2, 0.25) is 0 Å². The molecule has 1 fully saturated rings. The largest absolute Gasteiger partial charge is 0.486 e. The number of nitrogens with zero attached hydrogens (tertiary/aromatic N) is 1. The molecule has 33 heavy (non-hydrogen) atoms. The topological polar surface area (TPSA) is 123 Å². The van der Waals surface area contributed by atoms with Crippen LogP contribution in [0, 0.1) is 0 Å². The Balaban J connectivity index is 1.43. The molecular weight excluding hydrogens is 430 g/mol. The van der Waals surface area contributed by atoms with Crippen molar-refractivity contribution in [3.05, 3.63) is 53.6 Å². The first-order valence-electron chi connectivity index (χ1n) is 10.4. The van der Waals surface area contributed by atoms with Crippen molar-refractivity contribution in [3.8, 4) is 11.5 Å². The number of amides is 4. The fourth-order valence-electron chi connectivity index (χ4n) is 3.64. The number of rotatable bonds is 6. The van der Waals surface area contributed by atoms with Crippen molar-refractivity contribution in [1.82, 2.24) is 10.2 Å². The van der Waals surface area contributed by atoms with Gasteiger partial charge in [0.05, 0.1) is 12.2 Å². The van der Waals surface area contributed by atoms with E-state index in [1.165, 1.54) is 24.3 Å². The second-order valence-corrected chi connectivity index (χ2v) is 7.65. The van der Waals surface area contributed by atoms with Gasteiger partial charge in [0.1, 0.15) is 25.3 Å². The second-order valence-electron chi connectivity index (χ2n) is 7.65. The summed E-state index contributed by atoms with van der Waals surface area (Å²) >= 11 is 0. The van der Waals surface area contributed by atoms with Crippen LogP contribution >= 0.6 is 0 Å². The highest BCUT2D eigenvalue weighted by molar-refractivity contribution is 6.10. The number of anilines is 1. The number of benzene rings is 2. The van der Waals surface area contributed by atoms with Crippen molar-refractivity contribution in [2.45, 2.75) is 19.4 Å². The van der Waals surface area contributed by atoms with Crippen molar-refractivity contribution in [1.29, 1.82) is 0 Å². The van der Waals surface area contributed by atoms with Crippen LogP contribution in [-0.2, 0) is 19.9 Å². The molecule has 10 nitrogen and oxygen atoms in total. The van der Waals surface area contributed by atoms with E-state index >= 15 is 0 Å². The minimum absolute atomic E-state index is 0.258. The number of hydrogen-bond donors (Lipinski definition) is 2. The standard InChI is InChI=1S/C23H23N3O7/c1-3-31-20(28)14-4-7-16(8-5-14)24-19(27)13-26-21(29)23(2,25-22(26)30)15-6-9-17-18(12-15)33-11-10-32-17/h4-9,12H,3,10-11,13H2,1-2H3,(H,24,27)(H,25,30). The Morgan fingerprint density at radius 2 is 1.79 bits per heavy atom. The predicted octanol–water partition coefficient (Wildman–Crippen LogP) is 2.04. The van der Waals surface area contributed by atoms with Crippen molar-refractivity contribution in [2.75, 3.05) is 31.7 Å². The van der Waals surface area contributed by atoms with Crippen LogP contribution in [0.3, 0.4) is 0 Å². The highest BCUT2D eigenvalue weighted by Gasteiger charge is 2.49. The molecule has 2 aliphatic heterocycles. The molecule has 0 saturated carbocycles. The summed E-state index contributed by atoms with van der Waals surface area (Å²) in [6, 6.07) is 10.4. The molecule has 2 heterocycles. The molecule has 4 rings (SSSR count). The Hall–Kier alpha value is -4.08. The normalized spacial score (nSPS) is 19.2. The van der Waals surface area contributed by atoms with Gasteiger partial charge in [-0.05, 0) is 55.8 Å². The lowest BCUT2D eigenvalue weighted by Crippen LogP contribution is -2.42. The fourth-order valence-corrected chi connectivity index (χ4v) is 3.64. The van der Waals surface area contributed by atoms with Gasteiger partial charge >= 0.3 is 12.0 Å². The van der Waals surface area contributed by atoms with Crippen molar-refractivity contribution in [2.24, 2.45) is 0 Å². The molecule has 0 radical (unpaired) electrons. The van der Waals surface area contributed by atoms with Crippen molar-refractivity contribution in [3.63, 3.8) is 0 Å².